The molecule has 3 rings (SSSR count). The Balaban J connectivity index is 1.86. The first-order valence-corrected chi connectivity index (χ1v) is 6.97. The van der Waals surface area contributed by atoms with Crippen LogP contribution in [0.25, 0.3) is 0 Å². The molecule has 2 N–H and O–H groups in total. The van der Waals surface area contributed by atoms with Crippen LogP contribution >= 0.6 is 11.6 Å². The molecule has 18 heavy (non-hydrogen) atoms. The van der Waals surface area contributed by atoms with Crippen molar-refractivity contribution in [1.29, 1.82) is 0 Å². The molecule has 100 valence electrons. The number of aromatic nitrogens is 2. The number of aryl methyl sites for hydroxylation is 2. The summed E-state index contributed by atoms with van der Waals surface area (Å²) in [5.74, 6) is 0.658. The monoisotopic (exact) mass is 269 g/mol. The maximum atomic E-state index is 6.60. The Bertz CT molecular complexity index is 469. The first-order valence-electron chi connectivity index (χ1n) is 6.60. The number of ether oxygens (including phenoxy) is 1. The average molecular weight is 270 g/mol. The largest absolute Gasteiger partial charge is 0.376 e. The van der Waals surface area contributed by atoms with Gasteiger partial charge >= 0.3 is 0 Å². The summed E-state index contributed by atoms with van der Waals surface area (Å²) in [5, 5.41) is 5.11. The summed E-state index contributed by atoms with van der Waals surface area (Å²) >= 11 is 6.32. The lowest BCUT2D eigenvalue weighted by Crippen LogP contribution is -2.50. The van der Waals surface area contributed by atoms with Crippen molar-refractivity contribution in [2.75, 3.05) is 6.61 Å². The molecule has 0 spiro atoms. The minimum Gasteiger partial charge on any atom is -0.376 e. The number of hydrogen-bond donors (Lipinski definition) is 1. The van der Waals surface area contributed by atoms with Crippen molar-refractivity contribution in [3.05, 3.63) is 16.4 Å². The van der Waals surface area contributed by atoms with Gasteiger partial charge in [0, 0.05) is 20.1 Å². The van der Waals surface area contributed by atoms with E-state index in [-0.39, 0.29) is 11.6 Å². The quantitative estimate of drug-likeness (QED) is 0.911. The topological polar surface area (TPSA) is 53.1 Å². The van der Waals surface area contributed by atoms with E-state index in [1.807, 2.05) is 18.7 Å². The van der Waals surface area contributed by atoms with Crippen molar-refractivity contribution >= 4 is 11.6 Å². The Morgan fingerprint density at radius 1 is 1.56 bits per heavy atom. The van der Waals surface area contributed by atoms with E-state index in [9.17, 15) is 0 Å². The van der Waals surface area contributed by atoms with E-state index in [1.165, 1.54) is 12.8 Å². The molecule has 1 aliphatic heterocycles. The maximum Gasteiger partial charge on any atom is 0.0847 e. The lowest BCUT2D eigenvalue weighted by molar-refractivity contribution is 0.0622. The van der Waals surface area contributed by atoms with E-state index in [0.29, 0.717) is 5.92 Å². The zero-order valence-corrected chi connectivity index (χ0v) is 11.7. The molecule has 0 aromatic carbocycles. The van der Waals surface area contributed by atoms with Gasteiger partial charge in [0.25, 0.3) is 0 Å². The molecule has 4 nitrogen and oxygen atoms in total. The van der Waals surface area contributed by atoms with Gasteiger partial charge in [-0.2, -0.15) is 5.10 Å². The summed E-state index contributed by atoms with van der Waals surface area (Å²) in [6.45, 7) is 2.70. The Kier molecular flexibility index (Phi) is 2.92. The van der Waals surface area contributed by atoms with Gasteiger partial charge in [-0.05, 0) is 32.1 Å². The molecule has 1 saturated heterocycles. The predicted molar refractivity (Wildman–Crippen MR) is 70.7 cm³/mol. The van der Waals surface area contributed by atoms with Crippen LogP contribution in [0, 0.1) is 12.8 Å². The van der Waals surface area contributed by atoms with Crippen molar-refractivity contribution in [3.8, 4) is 0 Å². The fourth-order valence-corrected chi connectivity index (χ4v) is 3.29. The predicted octanol–water partition coefficient (Wildman–Crippen LogP) is 1.82. The highest BCUT2D eigenvalue weighted by atomic mass is 35.5. The van der Waals surface area contributed by atoms with Gasteiger partial charge in [0.2, 0.25) is 0 Å². The smallest absolute Gasteiger partial charge is 0.0847 e. The van der Waals surface area contributed by atoms with Crippen molar-refractivity contribution in [3.63, 3.8) is 0 Å². The van der Waals surface area contributed by atoms with Crippen LogP contribution in [-0.2, 0) is 18.2 Å². The summed E-state index contributed by atoms with van der Waals surface area (Å²) in [6, 6.07) is 0. The lowest BCUT2D eigenvalue weighted by atomic mass is 9.85. The van der Waals surface area contributed by atoms with Crippen LogP contribution in [0.3, 0.4) is 0 Å². The lowest BCUT2D eigenvalue weighted by Gasteiger charge is -2.30. The zero-order valence-electron chi connectivity index (χ0n) is 10.9. The Labute approximate surface area is 112 Å². The highest BCUT2D eigenvalue weighted by Crippen LogP contribution is 2.44. The van der Waals surface area contributed by atoms with Crippen LogP contribution < -0.4 is 5.73 Å². The molecule has 1 aromatic rings. The summed E-state index contributed by atoms with van der Waals surface area (Å²) in [6.07, 6.45) is 4.37. The second-order valence-electron chi connectivity index (χ2n) is 5.76. The van der Waals surface area contributed by atoms with Crippen molar-refractivity contribution in [1.82, 2.24) is 9.78 Å². The zero-order chi connectivity index (χ0) is 12.9. The minimum absolute atomic E-state index is 0.198. The molecule has 1 saturated carbocycles. The van der Waals surface area contributed by atoms with Crippen molar-refractivity contribution < 1.29 is 4.74 Å². The van der Waals surface area contributed by atoms with E-state index in [1.54, 1.807) is 0 Å². The van der Waals surface area contributed by atoms with E-state index in [4.69, 9.17) is 22.1 Å². The molecule has 1 aliphatic carbocycles. The van der Waals surface area contributed by atoms with Gasteiger partial charge < -0.3 is 10.5 Å². The maximum absolute atomic E-state index is 6.60. The molecule has 2 aliphatic rings. The first kappa shape index (κ1) is 12.5. The summed E-state index contributed by atoms with van der Waals surface area (Å²) < 4.78 is 7.71. The highest BCUT2D eigenvalue weighted by molar-refractivity contribution is 6.31. The van der Waals surface area contributed by atoms with E-state index >= 15 is 0 Å². The van der Waals surface area contributed by atoms with Crippen LogP contribution in [0.5, 0.6) is 0 Å². The van der Waals surface area contributed by atoms with Gasteiger partial charge in [0.05, 0.1) is 28.1 Å². The van der Waals surface area contributed by atoms with Gasteiger partial charge in [0.15, 0.2) is 0 Å². The molecule has 2 heterocycles. The molecule has 0 amide bonds. The van der Waals surface area contributed by atoms with Crippen LogP contribution in [0.1, 0.15) is 30.7 Å². The molecular formula is C13H20ClN3O. The number of nitrogens with zero attached hydrogens (tertiary/aromatic N) is 2. The summed E-state index contributed by atoms with van der Waals surface area (Å²) in [4.78, 5) is 0. The Hall–Kier alpha value is -0.580. The third-order valence-electron chi connectivity index (χ3n) is 4.24. The molecule has 0 bridgehead atoms. The average Bonchev–Trinajstić information content (AvgIpc) is 3.04. The van der Waals surface area contributed by atoms with Crippen LogP contribution in [0.15, 0.2) is 0 Å². The van der Waals surface area contributed by atoms with Gasteiger partial charge in [-0.3, -0.25) is 4.68 Å². The fraction of sp³-hybridized carbons (Fsp3) is 0.769. The van der Waals surface area contributed by atoms with Gasteiger partial charge in [-0.25, -0.2) is 0 Å². The molecule has 1 aromatic heterocycles. The molecule has 5 heteroatoms. The molecule has 0 radical (unpaired) electrons. The van der Waals surface area contributed by atoms with Crippen LogP contribution in [0.2, 0.25) is 5.02 Å². The van der Waals surface area contributed by atoms with Gasteiger partial charge in [-0.1, -0.05) is 11.6 Å². The molecule has 2 unspecified atom stereocenters. The first-order chi connectivity index (χ1) is 8.51. The third-order valence-corrected chi connectivity index (χ3v) is 4.73. The van der Waals surface area contributed by atoms with Crippen LogP contribution in [-0.4, -0.2) is 28.0 Å². The van der Waals surface area contributed by atoms with Crippen molar-refractivity contribution in [2.45, 2.75) is 44.2 Å². The van der Waals surface area contributed by atoms with Crippen LogP contribution in [0.4, 0.5) is 0 Å². The number of hydrogen-bond acceptors (Lipinski definition) is 3. The minimum atomic E-state index is -0.273. The summed E-state index contributed by atoms with van der Waals surface area (Å²) in [5.41, 5.74) is 8.24. The molecule has 2 fully saturated rings. The van der Waals surface area contributed by atoms with E-state index < -0.39 is 0 Å². The Morgan fingerprint density at radius 3 is 2.83 bits per heavy atom. The normalized spacial score (nSPS) is 32.1. The second kappa shape index (κ2) is 4.22. The second-order valence-corrected chi connectivity index (χ2v) is 6.14. The third kappa shape index (κ3) is 1.96. The number of nitrogens with two attached hydrogens (primary N) is 1. The SMILES string of the molecule is Cc1nn(C)c(CC2(N)CCOC2C2CC2)c1Cl. The molecule has 2 atom stereocenters. The number of halogens is 1. The fourth-order valence-electron chi connectivity index (χ4n) is 3.06. The summed E-state index contributed by atoms with van der Waals surface area (Å²) in [7, 11) is 1.93. The highest BCUT2D eigenvalue weighted by Gasteiger charge is 2.49. The van der Waals surface area contributed by atoms with Gasteiger partial charge in [-0.15, -0.1) is 0 Å². The van der Waals surface area contributed by atoms with E-state index in [0.717, 1.165) is 35.9 Å². The number of rotatable bonds is 3. The van der Waals surface area contributed by atoms with E-state index in [2.05, 4.69) is 5.10 Å². The Morgan fingerprint density at radius 2 is 2.28 bits per heavy atom. The van der Waals surface area contributed by atoms with Crippen molar-refractivity contribution in [2.24, 2.45) is 18.7 Å². The van der Waals surface area contributed by atoms with Gasteiger partial charge in [0.1, 0.15) is 0 Å². The molecular weight excluding hydrogens is 250 g/mol. The standard InChI is InChI=1S/C13H20ClN3O/c1-8-11(14)10(17(2)16-8)7-13(15)5-6-18-12(13)9-3-4-9/h9,12H,3-7,15H2,1-2H3.